The van der Waals surface area contributed by atoms with Gasteiger partial charge in [-0.25, -0.2) is 4.79 Å². The fourth-order valence-corrected chi connectivity index (χ4v) is 4.48. The Kier molecular flexibility index (Phi) is 16.8. The fourth-order valence-electron chi connectivity index (χ4n) is 4.48. The van der Waals surface area contributed by atoms with Gasteiger partial charge in [0.15, 0.2) is 6.61 Å². The van der Waals surface area contributed by atoms with Crippen LogP contribution in [0.4, 0.5) is 13.6 Å². The third-order valence-corrected chi connectivity index (χ3v) is 6.72. The summed E-state index contributed by atoms with van der Waals surface area (Å²) in [4.78, 5) is 37.8. The number of carbonyl (C=O) groups excluding carboxylic acids is 2. The SMILES string of the molecule is C[C@@H](COC(=O)CCCC=CC[C@@H]1[C@@H](C=CC(F)(F)COc2ccccc2)[C@H](O)C[C@@H]1O)NC(=O)OCCOCCO[N+](=O)[O-]. The normalized spacial score (nSPS) is 20.6. The molecular formula is C30H42F2N2O11. The molecule has 0 saturated heterocycles. The number of aliphatic hydroxyl groups is 2. The molecule has 0 aliphatic heterocycles. The number of esters is 1. The van der Waals surface area contributed by atoms with Gasteiger partial charge in [-0.2, -0.15) is 8.78 Å². The Bertz CT molecular complexity index is 1090. The van der Waals surface area contributed by atoms with Gasteiger partial charge in [-0.1, -0.05) is 36.4 Å². The van der Waals surface area contributed by atoms with Crippen LogP contribution in [0.2, 0.25) is 0 Å². The van der Waals surface area contributed by atoms with Gasteiger partial charge < -0.3 is 39.3 Å². The van der Waals surface area contributed by atoms with Gasteiger partial charge >= 0.3 is 12.1 Å². The van der Waals surface area contributed by atoms with E-state index in [0.717, 1.165) is 6.08 Å². The van der Waals surface area contributed by atoms with Crippen molar-refractivity contribution in [2.24, 2.45) is 11.8 Å². The Morgan fingerprint density at radius 2 is 1.84 bits per heavy atom. The number of amides is 1. The maximum atomic E-state index is 14.4. The topological polar surface area (TPSA) is 176 Å². The lowest BCUT2D eigenvalue weighted by Crippen LogP contribution is -2.37. The highest BCUT2D eigenvalue weighted by Gasteiger charge is 2.40. The summed E-state index contributed by atoms with van der Waals surface area (Å²) in [6, 6.07) is 7.76. The molecule has 0 aromatic heterocycles. The van der Waals surface area contributed by atoms with E-state index in [2.05, 4.69) is 10.2 Å². The van der Waals surface area contributed by atoms with Crippen LogP contribution in [0.25, 0.3) is 0 Å². The van der Waals surface area contributed by atoms with Crippen LogP contribution < -0.4 is 10.1 Å². The van der Waals surface area contributed by atoms with Crippen molar-refractivity contribution in [3.63, 3.8) is 0 Å². The minimum Gasteiger partial charge on any atom is -0.487 e. The lowest BCUT2D eigenvalue weighted by atomic mass is 9.89. The summed E-state index contributed by atoms with van der Waals surface area (Å²) in [5.74, 6) is -4.47. The molecule has 5 atom stereocenters. The van der Waals surface area contributed by atoms with Crippen molar-refractivity contribution in [1.82, 2.24) is 5.32 Å². The maximum Gasteiger partial charge on any atom is 0.407 e. The number of hydrogen-bond donors (Lipinski definition) is 3. The minimum atomic E-state index is -3.26. The Morgan fingerprint density at radius 1 is 1.11 bits per heavy atom. The van der Waals surface area contributed by atoms with Gasteiger partial charge in [0.1, 0.15) is 25.6 Å². The Balaban J connectivity index is 1.61. The molecule has 13 nitrogen and oxygen atoms in total. The van der Waals surface area contributed by atoms with E-state index in [1.54, 1.807) is 43.3 Å². The van der Waals surface area contributed by atoms with Crippen molar-refractivity contribution in [2.45, 2.75) is 63.2 Å². The van der Waals surface area contributed by atoms with Crippen LogP contribution in [-0.2, 0) is 23.8 Å². The number of nitrogens with one attached hydrogen (secondary N) is 1. The van der Waals surface area contributed by atoms with E-state index in [1.165, 1.54) is 6.08 Å². The molecule has 3 N–H and O–H groups in total. The average molecular weight is 645 g/mol. The highest BCUT2D eigenvalue weighted by Crippen LogP contribution is 2.37. The number of allylic oxidation sites excluding steroid dienone is 2. The summed E-state index contributed by atoms with van der Waals surface area (Å²) < 4.78 is 48.9. The monoisotopic (exact) mass is 644 g/mol. The van der Waals surface area contributed by atoms with E-state index in [1.807, 2.05) is 6.08 Å². The quantitative estimate of drug-likeness (QED) is 0.0586. The first kappa shape index (κ1) is 37.4. The number of para-hydroxylation sites is 1. The van der Waals surface area contributed by atoms with E-state index < -0.39 is 59.8 Å². The number of alkyl halides is 2. The van der Waals surface area contributed by atoms with Crippen molar-refractivity contribution in [3.8, 4) is 5.75 Å². The lowest BCUT2D eigenvalue weighted by Gasteiger charge is -2.20. The second-order valence-electron chi connectivity index (χ2n) is 10.5. The summed E-state index contributed by atoms with van der Waals surface area (Å²) in [6.07, 6.45) is 4.70. The molecule has 1 aromatic rings. The zero-order chi connectivity index (χ0) is 33.1. The number of unbranched alkanes of at least 4 members (excludes halogenated alkanes) is 1. The van der Waals surface area contributed by atoms with E-state index in [9.17, 15) is 38.7 Å². The Morgan fingerprint density at radius 3 is 2.58 bits per heavy atom. The highest BCUT2D eigenvalue weighted by molar-refractivity contribution is 5.69. The van der Waals surface area contributed by atoms with E-state index in [-0.39, 0.29) is 45.9 Å². The number of benzene rings is 1. The average Bonchev–Trinajstić information content (AvgIpc) is 3.26. The molecule has 1 fully saturated rings. The number of halogens is 2. The second-order valence-corrected chi connectivity index (χ2v) is 10.5. The Labute approximate surface area is 260 Å². The van der Waals surface area contributed by atoms with Gasteiger partial charge in [0, 0.05) is 18.8 Å². The lowest BCUT2D eigenvalue weighted by molar-refractivity contribution is -0.758. The zero-order valence-corrected chi connectivity index (χ0v) is 25.1. The molecule has 1 aliphatic carbocycles. The zero-order valence-electron chi connectivity index (χ0n) is 25.1. The van der Waals surface area contributed by atoms with Crippen molar-refractivity contribution in [2.75, 3.05) is 39.6 Å². The van der Waals surface area contributed by atoms with E-state index >= 15 is 0 Å². The van der Waals surface area contributed by atoms with Gasteiger partial charge in [-0.3, -0.25) is 4.79 Å². The first-order chi connectivity index (χ1) is 21.5. The maximum absolute atomic E-state index is 14.4. The van der Waals surface area contributed by atoms with Crippen LogP contribution >= 0.6 is 0 Å². The molecule has 0 bridgehead atoms. The molecule has 1 saturated carbocycles. The molecule has 1 aromatic carbocycles. The third kappa shape index (κ3) is 16.2. The third-order valence-electron chi connectivity index (χ3n) is 6.72. The van der Waals surface area contributed by atoms with E-state index in [4.69, 9.17) is 18.9 Å². The van der Waals surface area contributed by atoms with Gasteiger partial charge in [-0.05, 0) is 50.3 Å². The van der Waals surface area contributed by atoms with Crippen molar-refractivity contribution < 1.29 is 57.5 Å². The molecule has 45 heavy (non-hydrogen) atoms. The fraction of sp³-hybridized carbons (Fsp3) is 0.600. The number of ether oxygens (including phenoxy) is 4. The number of nitrogens with zero attached hydrogens (tertiary/aromatic N) is 1. The summed E-state index contributed by atoms with van der Waals surface area (Å²) in [7, 11) is 0. The van der Waals surface area contributed by atoms with Crippen molar-refractivity contribution in [1.29, 1.82) is 0 Å². The molecule has 1 aliphatic rings. The molecule has 0 spiro atoms. The standard InChI is InChI=1S/C30H42F2N2O11/c1-22(33-29(38)42-17-15-41-16-18-45-34(39)40)20-43-28(37)12-8-3-2-7-11-24-25(27(36)19-26(24)35)13-14-30(31,32)21-44-23-9-5-4-6-10-23/h2,4-7,9-10,13-14,22,24-27,35-36H,3,8,11-12,15-21H2,1H3,(H,33,38)/t22-,24+,25+,26-,27+/m0/s1. The number of alkyl carbamates (subject to hydrolysis) is 1. The molecule has 15 heteroatoms. The van der Waals surface area contributed by atoms with Crippen LogP contribution in [0, 0.1) is 22.0 Å². The smallest absolute Gasteiger partial charge is 0.407 e. The van der Waals surface area contributed by atoms with Gasteiger partial charge in [0.25, 0.3) is 11.0 Å². The number of hydrogen-bond acceptors (Lipinski definition) is 11. The molecule has 252 valence electrons. The number of rotatable bonds is 21. The predicted octanol–water partition coefficient (Wildman–Crippen LogP) is 3.61. The van der Waals surface area contributed by atoms with Crippen LogP contribution in [-0.4, -0.2) is 91.2 Å². The molecule has 0 heterocycles. The minimum absolute atomic E-state index is 0.0253. The number of aliphatic hydroxyl groups excluding tert-OH is 2. The van der Waals surface area contributed by atoms with Crippen LogP contribution in [0.5, 0.6) is 5.75 Å². The van der Waals surface area contributed by atoms with Crippen LogP contribution in [0.15, 0.2) is 54.6 Å². The van der Waals surface area contributed by atoms with Crippen LogP contribution in [0.3, 0.4) is 0 Å². The molecule has 0 radical (unpaired) electrons. The Hall–Kier alpha value is -3.82. The van der Waals surface area contributed by atoms with Crippen molar-refractivity contribution >= 4 is 12.1 Å². The van der Waals surface area contributed by atoms with Crippen molar-refractivity contribution in [3.05, 3.63) is 64.8 Å². The van der Waals surface area contributed by atoms with Gasteiger partial charge in [0.05, 0.1) is 31.5 Å². The molecular weight excluding hydrogens is 602 g/mol. The first-order valence-electron chi connectivity index (χ1n) is 14.7. The largest absolute Gasteiger partial charge is 0.487 e. The summed E-state index contributed by atoms with van der Waals surface area (Å²) >= 11 is 0. The molecule has 0 unspecified atom stereocenters. The predicted molar refractivity (Wildman–Crippen MR) is 156 cm³/mol. The van der Waals surface area contributed by atoms with E-state index in [0.29, 0.717) is 25.0 Å². The van der Waals surface area contributed by atoms with Crippen LogP contribution in [0.1, 0.15) is 39.0 Å². The van der Waals surface area contributed by atoms with Gasteiger partial charge in [0.2, 0.25) is 0 Å². The first-order valence-corrected chi connectivity index (χ1v) is 14.7. The summed E-state index contributed by atoms with van der Waals surface area (Å²) in [6.45, 7) is 0.394. The highest BCUT2D eigenvalue weighted by atomic mass is 19.3. The summed E-state index contributed by atoms with van der Waals surface area (Å²) in [5.41, 5.74) is 0. The van der Waals surface area contributed by atoms with Gasteiger partial charge in [-0.15, -0.1) is 10.1 Å². The summed E-state index contributed by atoms with van der Waals surface area (Å²) in [5, 5.41) is 32.3. The second kappa shape index (κ2) is 20.3. The number of carbonyl (C=O) groups is 2. The molecule has 1 amide bonds. The molecule has 2 rings (SSSR count).